The molecule has 1 aliphatic rings. The van der Waals surface area contributed by atoms with Crippen LogP contribution < -0.4 is 10.2 Å². The Hall–Kier alpha value is -1.55. The summed E-state index contributed by atoms with van der Waals surface area (Å²) in [6.45, 7) is 6.89. The first-order valence-electron chi connectivity index (χ1n) is 6.78. The quantitative estimate of drug-likeness (QED) is 0.865. The van der Waals surface area contributed by atoms with Gasteiger partial charge in [0.25, 0.3) is 0 Å². The Morgan fingerprint density at radius 2 is 1.95 bits per heavy atom. The van der Waals surface area contributed by atoms with E-state index in [1.807, 2.05) is 0 Å². The lowest BCUT2D eigenvalue weighted by Gasteiger charge is -2.42. The molecule has 1 aliphatic heterocycles. The van der Waals surface area contributed by atoms with Crippen LogP contribution in [0.5, 0.6) is 0 Å². The lowest BCUT2D eigenvalue weighted by Crippen LogP contribution is -2.60. The summed E-state index contributed by atoms with van der Waals surface area (Å²) < 4.78 is 0. The number of rotatable bonds is 3. The molecule has 2 unspecified atom stereocenters. The molecule has 1 heterocycles. The van der Waals surface area contributed by atoms with Crippen LogP contribution in [0.4, 0.5) is 5.69 Å². The van der Waals surface area contributed by atoms with Crippen LogP contribution in [0.25, 0.3) is 0 Å². The van der Waals surface area contributed by atoms with Crippen molar-refractivity contribution < 1.29 is 9.90 Å². The maximum atomic E-state index is 12.0. The van der Waals surface area contributed by atoms with Gasteiger partial charge in [0.05, 0.1) is 0 Å². The van der Waals surface area contributed by atoms with E-state index in [-0.39, 0.29) is 24.6 Å². The van der Waals surface area contributed by atoms with Crippen LogP contribution >= 0.6 is 0 Å². The smallest absolute Gasteiger partial charge is 0.242 e. The molecule has 4 nitrogen and oxygen atoms in total. The second-order valence-electron chi connectivity index (χ2n) is 5.38. The van der Waals surface area contributed by atoms with E-state index in [0.29, 0.717) is 13.0 Å². The summed E-state index contributed by atoms with van der Waals surface area (Å²) in [6, 6.07) is 6.28. The zero-order valence-electron chi connectivity index (χ0n) is 11.8. The standard InChI is InChI=1S/C15H22N2O2/c1-10-6-11(2)8-13(7-10)17-12(3)9-16-15(19)14(17)4-5-18/h6-8,12,14,18H,4-5,9H2,1-3H3,(H,16,19). The minimum absolute atomic E-state index is 0.00584. The van der Waals surface area contributed by atoms with Gasteiger partial charge in [-0.15, -0.1) is 0 Å². The Bertz CT molecular complexity index is 453. The molecule has 0 radical (unpaired) electrons. The molecule has 0 saturated carbocycles. The fourth-order valence-electron chi connectivity index (χ4n) is 2.82. The summed E-state index contributed by atoms with van der Waals surface area (Å²) in [4.78, 5) is 14.2. The van der Waals surface area contributed by atoms with Crippen LogP contribution in [-0.4, -0.2) is 36.2 Å². The number of aryl methyl sites for hydroxylation is 2. The largest absolute Gasteiger partial charge is 0.396 e. The summed E-state index contributed by atoms with van der Waals surface area (Å²) in [6.07, 6.45) is 0.461. The van der Waals surface area contributed by atoms with Crippen molar-refractivity contribution in [3.8, 4) is 0 Å². The Kier molecular flexibility index (Phi) is 4.10. The first-order valence-corrected chi connectivity index (χ1v) is 6.78. The van der Waals surface area contributed by atoms with Crippen molar-refractivity contribution in [2.45, 2.75) is 39.3 Å². The Labute approximate surface area is 114 Å². The first kappa shape index (κ1) is 13.9. The highest BCUT2D eigenvalue weighted by molar-refractivity contribution is 5.87. The van der Waals surface area contributed by atoms with Crippen LogP contribution in [0.3, 0.4) is 0 Å². The van der Waals surface area contributed by atoms with Gasteiger partial charge in [0.2, 0.25) is 5.91 Å². The number of nitrogens with one attached hydrogen (secondary N) is 1. The number of aliphatic hydroxyl groups is 1. The van der Waals surface area contributed by atoms with E-state index in [2.05, 4.69) is 49.2 Å². The van der Waals surface area contributed by atoms with E-state index < -0.39 is 0 Å². The third-order valence-corrected chi connectivity index (χ3v) is 3.59. The Morgan fingerprint density at radius 1 is 1.32 bits per heavy atom. The van der Waals surface area contributed by atoms with Gasteiger partial charge >= 0.3 is 0 Å². The number of aliphatic hydroxyl groups excluding tert-OH is 1. The van der Waals surface area contributed by atoms with E-state index in [0.717, 1.165) is 5.69 Å². The number of carbonyl (C=O) groups is 1. The highest BCUT2D eigenvalue weighted by atomic mass is 16.3. The number of carbonyl (C=O) groups excluding carboxylic acids is 1. The number of hydrogen-bond acceptors (Lipinski definition) is 3. The maximum Gasteiger partial charge on any atom is 0.242 e. The maximum absolute atomic E-state index is 12.0. The molecular formula is C15H22N2O2. The fourth-order valence-corrected chi connectivity index (χ4v) is 2.82. The predicted octanol–water partition coefficient (Wildman–Crippen LogP) is 1.38. The third kappa shape index (κ3) is 2.89. The van der Waals surface area contributed by atoms with Crippen molar-refractivity contribution >= 4 is 11.6 Å². The highest BCUT2D eigenvalue weighted by Crippen LogP contribution is 2.26. The van der Waals surface area contributed by atoms with Gasteiger partial charge in [-0.1, -0.05) is 6.07 Å². The normalized spacial score (nSPS) is 23.4. The van der Waals surface area contributed by atoms with E-state index in [4.69, 9.17) is 0 Å². The summed E-state index contributed by atoms with van der Waals surface area (Å²) in [7, 11) is 0. The van der Waals surface area contributed by atoms with Gasteiger partial charge in [0, 0.05) is 24.9 Å². The minimum Gasteiger partial charge on any atom is -0.396 e. The SMILES string of the molecule is Cc1cc(C)cc(N2C(C)CNC(=O)C2CCO)c1. The number of hydrogen-bond donors (Lipinski definition) is 2. The molecule has 1 aromatic rings. The van der Waals surface area contributed by atoms with Crippen molar-refractivity contribution in [1.82, 2.24) is 5.32 Å². The Balaban J connectivity index is 2.38. The summed E-state index contributed by atoms with van der Waals surface area (Å²) in [5.74, 6) is 0.00584. The van der Waals surface area contributed by atoms with Crippen molar-refractivity contribution in [2.24, 2.45) is 0 Å². The summed E-state index contributed by atoms with van der Waals surface area (Å²) >= 11 is 0. The van der Waals surface area contributed by atoms with Gasteiger partial charge < -0.3 is 15.3 Å². The molecule has 0 aliphatic carbocycles. The zero-order valence-corrected chi connectivity index (χ0v) is 11.8. The molecule has 0 bridgehead atoms. The molecule has 1 saturated heterocycles. The highest BCUT2D eigenvalue weighted by Gasteiger charge is 2.33. The lowest BCUT2D eigenvalue weighted by molar-refractivity contribution is -0.124. The van der Waals surface area contributed by atoms with Crippen molar-refractivity contribution in [3.63, 3.8) is 0 Å². The van der Waals surface area contributed by atoms with Crippen LogP contribution in [0.15, 0.2) is 18.2 Å². The molecule has 19 heavy (non-hydrogen) atoms. The molecule has 1 fully saturated rings. The second kappa shape index (κ2) is 5.61. The average Bonchev–Trinajstić information content (AvgIpc) is 2.33. The van der Waals surface area contributed by atoms with Gasteiger partial charge in [-0.2, -0.15) is 0 Å². The number of nitrogens with zero attached hydrogens (tertiary/aromatic N) is 1. The lowest BCUT2D eigenvalue weighted by atomic mass is 10.0. The third-order valence-electron chi connectivity index (χ3n) is 3.59. The molecule has 104 valence electrons. The number of benzene rings is 1. The predicted molar refractivity (Wildman–Crippen MR) is 76.4 cm³/mol. The van der Waals surface area contributed by atoms with Gasteiger partial charge in [-0.3, -0.25) is 4.79 Å². The minimum atomic E-state index is -0.282. The van der Waals surface area contributed by atoms with Crippen molar-refractivity contribution in [2.75, 3.05) is 18.1 Å². The molecule has 2 atom stereocenters. The van der Waals surface area contributed by atoms with Gasteiger partial charge in [-0.25, -0.2) is 0 Å². The number of amides is 1. The summed E-state index contributed by atoms with van der Waals surface area (Å²) in [5, 5.41) is 12.1. The monoisotopic (exact) mass is 262 g/mol. The average molecular weight is 262 g/mol. The Morgan fingerprint density at radius 3 is 2.53 bits per heavy atom. The van der Waals surface area contributed by atoms with Gasteiger partial charge in [0.15, 0.2) is 0 Å². The molecule has 4 heteroatoms. The number of piperazine rings is 1. The van der Waals surface area contributed by atoms with Crippen molar-refractivity contribution in [1.29, 1.82) is 0 Å². The molecule has 2 N–H and O–H groups in total. The molecule has 2 rings (SSSR count). The molecule has 1 amide bonds. The van der Waals surface area contributed by atoms with E-state index in [9.17, 15) is 9.90 Å². The number of anilines is 1. The van der Waals surface area contributed by atoms with E-state index in [1.165, 1.54) is 11.1 Å². The van der Waals surface area contributed by atoms with Crippen LogP contribution in [0.1, 0.15) is 24.5 Å². The van der Waals surface area contributed by atoms with E-state index >= 15 is 0 Å². The molecular weight excluding hydrogens is 240 g/mol. The van der Waals surface area contributed by atoms with Crippen LogP contribution in [0.2, 0.25) is 0 Å². The zero-order chi connectivity index (χ0) is 14.0. The fraction of sp³-hybridized carbons (Fsp3) is 0.533. The second-order valence-corrected chi connectivity index (χ2v) is 5.38. The van der Waals surface area contributed by atoms with Crippen LogP contribution in [0, 0.1) is 13.8 Å². The van der Waals surface area contributed by atoms with E-state index in [1.54, 1.807) is 0 Å². The first-order chi connectivity index (χ1) is 9.02. The van der Waals surface area contributed by atoms with Crippen molar-refractivity contribution in [3.05, 3.63) is 29.3 Å². The van der Waals surface area contributed by atoms with Gasteiger partial charge in [0.1, 0.15) is 6.04 Å². The summed E-state index contributed by atoms with van der Waals surface area (Å²) in [5.41, 5.74) is 3.45. The topological polar surface area (TPSA) is 52.6 Å². The molecule has 0 aromatic heterocycles. The molecule has 1 aromatic carbocycles. The molecule has 0 spiro atoms. The van der Waals surface area contributed by atoms with Gasteiger partial charge in [-0.05, 0) is 50.5 Å². The van der Waals surface area contributed by atoms with Crippen LogP contribution in [-0.2, 0) is 4.79 Å².